The molecule has 9 nitrogen and oxygen atoms in total. The number of carbonyl (C=O) groups excluding carboxylic acids is 3. The van der Waals surface area contributed by atoms with Gasteiger partial charge in [0.2, 0.25) is 11.8 Å². The molecule has 40 heavy (non-hydrogen) atoms. The molecule has 3 amide bonds. The maximum atomic E-state index is 13.3. The highest BCUT2D eigenvalue weighted by Gasteiger charge is 2.27. The SMILES string of the molecule is CC(C)(C)OC(=O)NCC1CCC(CC(=O)NC(Cc2ccc(Br)cc2)C(=O)Nc2ccc3cn[nH]c3c2)CC1. The second-order valence-electron chi connectivity index (χ2n) is 11.6. The number of anilines is 1. The van der Waals surface area contributed by atoms with E-state index in [-0.39, 0.29) is 17.7 Å². The lowest BCUT2D eigenvalue weighted by atomic mass is 9.80. The number of nitrogens with zero attached hydrogens (tertiary/aromatic N) is 1. The van der Waals surface area contributed by atoms with E-state index in [2.05, 4.69) is 42.1 Å². The number of benzene rings is 2. The van der Waals surface area contributed by atoms with Crippen molar-refractivity contribution in [2.75, 3.05) is 11.9 Å². The summed E-state index contributed by atoms with van der Waals surface area (Å²) in [7, 11) is 0. The molecule has 1 aromatic heterocycles. The Bertz CT molecular complexity index is 1310. The van der Waals surface area contributed by atoms with Crippen molar-refractivity contribution in [3.05, 3.63) is 58.7 Å². The van der Waals surface area contributed by atoms with Crippen LogP contribution in [-0.2, 0) is 20.7 Å². The molecule has 1 atom stereocenters. The minimum absolute atomic E-state index is 0.128. The smallest absolute Gasteiger partial charge is 0.407 e. The number of carbonyl (C=O) groups is 3. The zero-order valence-corrected chi connectivity index (χ0v) is 24.8. The van der Waals surface area contributed by atoms with Crippen molar-refractivity contribution in [2.45, 2.75) is 70.9 Å². The Morgan fingerprint density at radius 2 is 1.75 bits per heavy atom. The van der Waals surface area contributed by atoms with E-state index in [0.717, 1.165) is 46.6 Å². The molecule has 10 heteroatoms. The number of amides is 3. The number of nitrogens with one attached hydrogen (secondary N) is 4. The Hall–Kier alpha value is -3.40. The third-order valence-corrected chi connectivity index (χ3v) is 7.62. The molecule has 0 aliphatic heterocycles. The Morgan fingerprint density at radius 3 is 2.45 bits per heavy atom. The summed E-state index contributed by atoms with van der Waals surface area (Å²) in [5.74, 6) is 0.218. The number of H-pyrrole nitrogens is 1. The van der Waals surface area contributed by atoms with Crippen LogP contribution in [-0.4, -0.2) is 46.3 Å². The molecule has 1 saturated carbocycles. The number of hydrogen-bond acceptors (Lipinski definition) is 5. The summed E-state index contributed by atoms with van der Waals surface area (Å²) in [6.07, 6.45) is 5.76. The molecule has 214 valence electrons. The van der Waals surface area contributed by atoms with Crippen molar-refractivity contribution in [3.8, 4) is 0 Å². The van der Waals surface area contributed by atoms with Crippen LogP contribution in [0.15, 0.2) is 53.1 Å². The zero-order valence-electron chi connectivity index (χ0n) is 23.3. The molecule has 0 saturated heterocycles. The second-order valence-corrected chi connectivity index (χ2v) is 12.5. The summed E-state index contributed by atoms with van der Waals surface area (Å²) < 4.78 is 6.27. The molecule has 3 aromatic rings. The van der Waals surface area contributed by atoms with E-state index in [4.69, 9.17) is 4.74 Å². The van der Waals surface area contributed by atoms with Gasteiger partial charge in [-0.3, -0.25) is 14.7 Å². The van der Waals surface area contributed by atoms with Crippen LogP contribution in [0.5, 0.6) is 0 Å². The van der Waals surface area contributed by atoms with E-state index in [1.807, 2.05) is 63.2 Å². The molecular weight excluding hydrogens is 574 g/mol. The van der Waals surface area contributed by atoms with Gasteiger partial charge in [0.25, 0.3) is 0 Å². The Balaban J connectivity index is 1.31. The van der Waals surface area contributed by atoms with E-state index >= 15 is 0 Å². The lowest BCUT2D eigenvalue weighted by molar-refractivity contribution is -0.127. The van der Waals surface area contributed by atoms with Crippen molar-refractivity contribution in [2.24, 2.45) is 11.8 Å². The molecule has 1 fully saturated rings. The maximum Gasteiger partial charge on any atom is 0.407 e. The fourth-order valence-corrected chi connectivity index (χ4v) is 5.27. The van der Waals surface area contributed by atoms with Crippen LogP contribution < -0.4 is 16.0 Å². The first-order valence-electron chi connectivity index (χ1n) is 13.8. The summed E-state index contributed by atoms with van der Waals surface area (Å²) in [4.78, 5) is 38.4. The van der Waals surface area contributed by atoms with E-state index in [1.165, 1.54) is 0 Å². The van der Waals surface area contributed by atoms with Gasteiger partial charge in [-0.2, -0.15) is 5.10 Å². The third-order valence-electron chi connectivity index (χ3n) is 7.09. The zero-order chi connectivity index (χ0) is 28.7. The quantitative estimate of drug-likeness (QED) is 0.246. The van der Waals surface area contributed by atoms with Crippen LogP contribution in [0.4, 0.5) is 10.5 Å². The van der Waals surface area contributed by atoms with Gasteiger partial charge in [0.15, 0.2) is 0 Å². The van der Waals surface area contributed by atoms with Crippen LogP contribution >= 0.6 is 15.9 Å². The van der Waals surface area contributed by atoms with E-state index in [9.17, 15) is 14.4 Å². The number of rotatable bonds is 9. The molecule has 0 radical (unpaired) electrons. The molecule has 1 aliphatic rings. The molecule has 2 aromatic carbocycles. The van der Waals surface area contributed by atoms with Crippen LogP contribution in [0.1, 0.15) is 58.4 Å². The van der Waals surface area contributed by atoms with Crippen LogP contribution in [0.25, 0.3) is 10.9 Å². The largest absolute Gasteiger partial charge is 0.444 e. The highest BCUT2D eigenvalue weighted by molar-refractivity contribution is 9.10. The Labute approximate surface area is 243 Å². The van der Waals surface area contributed by atoms with Crippen LogP contribution in [0.2, 0.25) is 0 Å². The molecular formula is C30H38BrN5O4. The lowest BCUT2D eigenvalue weighted by Crippen LogP contribution is -2.45. The number of ether oxygens (including phenoxy) is 1. The van der Waals surface area contributed by atoms with Gasteiger partial charge in [-0.25, -0.2) is 4.79 Å². The Morgan fingerprint density at radius 1 is 1.05 bits per heavy atom. The first-order chi connectivity index (χ1) is 19.0. The third kappa shape index (κ3) is 9.08. The van der Waals surface area contributed by atoms with Crippen molar-refractivity contribution in [1.82, 2.24) is 20.8 Å². The van der Waals surface area contributed by atoms with Crippen molar-refractivity contribution >= 4 is 50.4 Å². The fourth-order valence-electron chi connectivity index (χ4n) is 5.01. The number of halogens is 1. The minimum atomic E-state index is -0.722. The summed E-state index contributed by atoms with van der Waals surface area (Å²) >= 11 is 3.45. The lowest BCUT2D eigenvalue weighted by Gasteiger charge is -2.29. The number of hydrogen-bond donors (Lipinski definition) is 4. The first-order valence-corrected chi connectivity index (χ1v) is 14.6. The minimum Gasteiger partial charge on any atom is -0.444 e. The normalized spacial score (nSPS) is 18.1. The van der Waals surface area contributed by atoms with Gasteiger partial charge in [0.05, 0.1) is 11.7 Å². The predicted octanol–water partition coefficient (Wildman–Crippen LogP) is 5.71. The number of aromatic nitrogens is 2. The van der Waals surface area contributed by atoms with Crippen LogP contribution in [0, 0.1) is 11.8 Å². The second kappa shape index (κ2) is 13.3. The monoisotopic (exact) mass is 611 g/mol. The maximum absolute atomic E-state index is 13.3. The standard InChI is InChI=1S/C30H38BrN5O4/c1-30(2,3)40-29(39)32-17-21-6-4-20(5-7-21)15-27(37)35-26(14-19-8-11-23(31)12-9-19)28(38)34-24-13-10-22-18-33-36-25(22)16-24/h8-13,16,18,20-21,26H,4-7,14-15,17H2,1-3H3,(H,32,39)(H,33,36)(H,34,38)(H,35,37). The number of fused-ring (bicyclic) bond motifs is 1. The highest BCUT2D eigenvalue weighted by Crippen LogP contribution is 2.30. The summed E-state index contributed by atoms with van der Waals surface area (Å²) in [5.41, 5.74) is 1.89. The molecule has 1 unspecified atom stereocenters. The Kier molecular flexibility index (Phi) is 9.84. The van der Waals surface area contributed by atoms with E-state index in [0.29, 0.717) is 31.0 Å². The molecule has 4 rings (SSSR count). The van der Waals surface area contributed by atoms with E-state index < -0.39 is 17.7 Å². The highest BCUT2D eigenvalue weighted by atomic mass is 79.9. The first kappa shape index (κ1) is 29.6. The molecule has 0 spiro atoms. The summed E-state index contributed by atoms with van der Waals surface area (Å²) in [5, 5.41) is 16.7. The molecule has 0 bridgehead atoms. The average Bonchev–Trinajstić information content (AvgIpc) is 3.36. The average molecular weight is 613 g/mol. The molecule has 1 aliphatic carbocycles. The van der Waals surface area contributed by atoms with Crippen LogP contribution in [0.3, 0.4) is 0 Å². The summed E-state index contributed by atoms with van der Waals surface area (Å²) in [6.45, 7) is 6.11. The van der Waals surface area contributed by atoms with Gasteiger partial charge < -0.3 is 20.7 Å². The van der Waals surface area contributed by atoms with Gasteiger partial charge in [0, 0.05) is 34.9 Å². The van der Waals surface area contributed by atoms with Gasteiger partial charge in [0.1, 0.15) is 11.6 Å². The molecule has 4 N–H and O–H groups in total. The molecule has 1 heterocycles. The van der Waals surface area contributed by atoms with Crippen molar-refractivity contribution in [3.63, 3.8) is 0 Å². The van der Waals surface area contributed by atoms with Crippen molar-refractivity contribution < 1.29 is 19.1 Å². The van der Waals surface area contributed by atoms with Gasteiger partial charge in [-0.05, 0) is 94.2 Å². The topological polar surface area (TPSA) is 125 Å². The number of alkyl carbamates (subject to hydrolysis) is 1. The number of aromatic amines is 1. The summed E-state index contributed by atoms with van der Waals surface area (Å²) in [6, 6.07) is 12.6. The van der Waals surface area contributed by atoms with E-state index in [1.54, 1.807) is 6.20 Å². The van der Waals surface area contributed by atoms with Gasteiger partial charge >= 0.3 is 6.09 Å². The van der Waals surface area contributed by atoms with Crippen molar-refractivity contribution in [1.29, 1.82) is 0 Å². The van der Waals surface area contributed by atoms with Gasteiger partial charge in [-0.1, -0.05) is 28.1 Å². The predicted molar refractivity (Wildman–Crippen MR) is 159 cm³/mol. The van der Waals surface area contributed by atoms with Gasteiger partial charge in [-0.15, -0.1) is 0 Å². The fraction of sp³-hybridized carbons (Fsp3) is 0.467.